The molecule has 0 fully saturated rings. The van der Waals surface area contributed by atoms with Crippen LogP contribution in [0.1, 0.15) is 53.8 Å². The number of fused-ring (bicyclic) bond motifs is 2. The van der Waals surface area contributed by atoms with E-state index in [0.29, 0.717) is 12.1 Å². The van der Waals surface area contributed by atoms with E-state index in [0.717, 1.165) is 18.6 Å². The molecule has 1 heterocycles. The molecule has 2 aliphatic rings. The molecule has 21 heavy (non-hydrogen) atoms. The van der Waals surface area contributed by atoms with Crippen LogP contribution >= 0.6 is 0 Å². The third-order valence-electron chi connectivity index (χ3n) is 4.89. The highest BCUT2D eigenvalue weighted by atomic mass is 16.5. The number of benzene rings is 1. The van der Waals surface area contributed by atoms with Crippen LogP contribution in [0.2, 0.25) is 0 Å². The zero-order valence-corrected chi connectivity index (χ0v) is 12.4. The SMILES string of the molecule is COc1ccc2c(c1)C(NC1CCCc3occc31)CC2. The van der Waals surface area contributed by atoms with Crippen LogP contribution < -0.4 is 10.1 Å². The number of methoxy groups -OCH3 is 1. The van der Waals surface area contributed by atoms with Gasteiger partial charge in [0.1, 0.15) is 11.5 Å². The van der Waals surface area contributed by atoms with Gasteiger partial charge in [-0.25, -0.2) is 0 Å². The summed E-state index contributed by atoms with van der Waals surface area (Å²) in [5.41, 5.74) is 4.22. The van der Waals surface area contributed by atoms with Gasteiger partial charge in [0.2, 0.25) is 0 Å². The van der Waals surface area contributed by atoms with Crippen LogP contribution in [-0.4, -0.2) is 7.11 Å². The van der Waals surface area contributed by atoms with Crippen molar-refractivity contribution < 1.29 is 9.15 Å². The molecule has 1 N–H and O–H groups in total. The number of furan rings is 1. The van der Waals surface area contributed by atoms with Crippen molar-refractivity contribution in [3.05, 3.63) is 53.0 Å². The Morgan fingerprint density at radius 1 is 1.10 bits per heavy atom. The second-order valence-corrected chi connectivity index (χ2v) is 6.07. The molecule has 2 atom stereocenters. The third kappa shape index (κ3) is 2.26. The molecule has 0 aliphatic heterocycles. The molecule has 4 rings (SSSR count). The van der Waals surface area contributed by atoms with E-state index in [-0.39, 0.29) is 0 Å². The van der Waals surface area contributed by atoms with E-state index in [1.165, 1.54) is 41.7 Å². The number of ether oxygens (including phenoxy) is 1. The molecular weight excluding hydrogens is 262 g/mol. The molecule has 0 radical (unpaired) electrons. The maximum Gasteiger partial charge on any atom is 0.119 e. The average Bonchev–Trinajstić information content (AvgIpc) is 3.14. The van der Waals surface area contributed by atoms with Crippen LogP contribution in [0.15, 0.2) is 34.9 Å². The largest absolute Gasteiger partial charge is 0.497 e. The Hall–Kier alpha value is -1.74. The molecule has 1 aromatic heterocycles. The second kappa shape index (κ2) is 5.23. The van der Waals surface area contributed by atoms with Gasteiger partial charge in [-0.1, -0.05) is 6.07 Å². The Kier molecular flexibility index (Phi) is 3.23. The first-order valence-electron chi connectivity index (χ1n) is 7.84. The van der Waals surface area contributed by atoms with E-state index in [4.69, 9.17) is 9.15 Å². The molecule has 0 saturated carbocycles. The van der Waals surface area contributed by atoms with E-state index in [1.54, 1.807) is 7.11 Å². The Morgan fingerprint density at radius 3 is 2.90 bits per heavy atom. The van der Waals surface area contributed by atoms with Crippen molar-refractivity contribution >= 4 is 0 Å². The third-order valence-corrected chi connectivity index (χ3v) is 4.89. The highest BCUT2D eigenvalue weighted by Gasteiger charge is 2.29. The Bertz CT molecular complexity index is 646. The Morgan fingerprint density at radius 2 is 2.00 bits per heavy atom. The molecule has 0 amide bonds. The van der Waals surface area contributed by atoms with Crippen molar-refractivity contribution in [2.24, 2.45) is 0 Å². The molecule has 2 unspecified atom stereocenters. The van der Waals surface area contributed by atoms with Crippen molar-refractivity contribution in [2.45, 2.75) is 44.2 Å². The smallest absolute Gasteiger partial charge is 0.119 e. The fourth-order valence-electron chi connectivity index (χ4n) is 3.78. The van der Waals surface area contributed by atoms with Crippen LogP contribution in [-0.2, 0) is 12.8 Å². The summed E-state index contributed by atoms with van der Waals surface area (Å²) in [4.78, 5) is 0. The normalized spacial score (nSPS) is 23.7. The van der Waals surface area contributed by atoms with Crippen LogP contribution in [0.3, 0.4) is 0 Å². The first kappa shape index (κ1) is 13.0. The van der Waals surface area contributed by atoms with Gasteiger partial charge < -0.3 is 14.5 Å². The minimum atomic E-state index is 0.426. The summed E-state index contributed by atoms with van der Waals surface area (Å²) in [6, 6.07) is 9.46. The summed E-state index contributed by atoms with van der Waals surface area (Å²) in [6.45, 7) is 0. The number of hydrogen-bond donors (Lipinski definition) is 1. The summed E-state index contributed by atoms with van der Waals surface area (Å²) >= 11 is 0. The van der Waals surface area contributed by atoms with Crippen LogP contribution in [0, 0.1) is 0 Å². The monoisotopic (exact) mass is 283 g/mol. The number of hydrogen-bond acceptors (Lipinski definition) is 3. The van der Waals surface area contributed by atoms with Crippen LogP contribution in [0.4, 0.5) is 0 Å². The van der Waals surface area contributed by atoms with Gasteiger partial charge >= 0.3 is 0 Å². The first-order chi connectivity index (χ1) is 10.3. The van der Waals surface area contributed by atoms with Crippen LogP contribution in [0.25, 0.3) is 0 Å². The number of aryl methyl sites for hydroxylation is 2. The van der Waals surface area contributed by atoms with Gasteiger partial charge in [-0.05, 0) is 55.0 Å². The van der Waals surface area contributed by atoms with Gasteiger partial charge in [0, 0.05) is 24.1 Å². The van der Waals surface area contributed by atoms with Crippen LogP contribution in [0.5, 0.6) is 5.75 Å². The van der Waals surface area contributed by atoms with Crippen molar-refractivity contribution in [1.29, 1.82) is 0 Å². The molecule has 2 aliphatic carbocycles. The van der Waals surface area contributed by atoms with E-state index in [1.807, 2.05) is 6.26 Å². The average molecular weight is 283 g/mol. The van der Waals surface area contributed by atoms with Gasteiger partial charge in [-0.2, -0.15) is 0 Å². The molecule has 3 heteroatoms. The minimum absolute atomic E-state index is 0.426. The predicted molar refractivity (Wildman–Crippen MR) is 81.6 cm³/mol. The highest BCUT2D eigenvalue weighted by Crippen LogP contribution is 2.38. The number of nitrogens with one attached hydrogen (secondary N) is 1. The fraction of sp³-hybridized carbons (Fsp3) is 0.444. The zero-order chi connectivity index (χ0) is 14.2. The molecular formula is C18H21NO2. The molecule has 1 aromatic carbocycles. The number of rotatable bonds is 3. The maximum atomic E-state index is 5.60. The van der Waals surface area contributed by atoms with Crippen molar-refractivity contribution in [3.8, 4) is 5.75 Å². The summed E-state index contributed by atoms with van der Waals surface area (Å²) < 4.78 is 11.0. The minimum Gasteiger partial charge on any atom is -0.497 e. The predicted octanol–water partition coefficient (Wildman–Crippen LogP) is 3.94. The van der Waals surface area contributed by atoms with Crippen molar-refractivity contribution in [3.63, 3.8) is 0 Å². The van der Waals surface area contributed by atoms with Gasteiger partial charge in [0.25, 0.3) is 0 Å². The standard InChI is InChI=1S/C18H21NO2/c1-20-13-7-5-12-6-8-17(15(12)11-13)19-16-3-2-4-18-14(16)9-10-21-18/h5,7,9-11,16-17,19H,2-4,6,8H2,1H3. The van der Waals surface area contributed by atoms with Crippen molar-refractivity contribution in [1.82, 2.24) is 5.32 Å². The van der Waals surface area contributed by atoms with E-state index in [2.05, 4.69) is 29.6 Å². The summed E-state index contributed by atoms with van der Waals surface area (Å²) in [5, 5.41) is 3.85. The summed E-state index contributed by atoms with van der Waals surface area (Å²) in [6.07, 6.45) is 7.64. The zero-order valence-electron chi connectivity index (χ0n) is 12.4. The summed E-state index contributed by atoms with van der Waals surface area (Å²) in [5.74, 6) is 2.12. The van der Waals surface area contributed by atoms with Gasteiger partial charge in [-0.3, -0.25) is 0 Å². The molecule has 0 spiro atoms. The molecule has 0 saturated heterocycles. The lowest BCUT2D eigenvalue weighted by Crippen LogP contribution is -2.27. The lowest BCUT2D eigenvalue weighted by molar-refractivity contribution is 0.373. The highest BCUT2D eigenvalue weighted by molar-refractivity contribution is 5.41. The van der Waals surface area contributed by atoms with Gasteiger partial charge in [-0.15, -0.1) is 0 Å². The lowest BCUT2D eigenvalue weighted by Gasteiger charge is -2.27. The maximum absolute atomic E-state index is 5.60. The lowest BCUT2D eigenvalue weighted by atomic mass is 9.92. The molecule has 2 aromatic rings. The van der Waals surface area contributed by atoms with Gasteiger partial charge in [0.15, 0.2) is 0 Å². The summed E-state index contributed by atoms with van der Waals surface area (Å²) in [7, 11) is 1.73. The molecule has 110 valence electrons. The quantitative estimate of drug-likeness (QED) is 0.926. The first-order valence-corrected chi connectivity index (χ1v) is 7.84. The van der Waals surface area contributed by atoms with E-state index in [9.17, 15) is 0 Å². The second-order valence-electron chi connectivity index (χ2n) is 6.07. The Balaban J connectivity index is 1.58. The molecule has 3 nitrogen and oxygen atoms in total. The van der Waals surface area contributed by atoms with Crippen molar-refractivity contribution in [2.75, 3.05) is 7.11 Å². The molecule has 0 bridgehead atoms. The Labute approximate surface area is 125 Å². The van der Waals surface area contributed by atoms with Gasteiger partial charge in [0.05, 0.1) is 13.4 Å². The topological polar surface area (TPSA) is 34.4 Å². The van der Waals surface area contributed by atoms with E-state index >= 15 is 0 Å². The fourth-order valence-corrected chi connectivity index (χ4v) is 3.78. The van der Waals surface area contributed by atoms with E-state index < -0.39 is 0 Å².